The van der Waals surface area contributed by atoms with Crippen molar-refractivity contribution in [3.05, 3.63) is 40.9 Å². The molecule has 0 fully saturated rings. The van der Waals surface area contributed by atoms with Gasteiger partial charge in [0.05, 0.1) is 12.7 Å². The van der Waals surface area contributed by atoms with Crippen LogP contribution in [-0.2, 0) is 9.53 Å². The maximum Gasteiger partial charge on any atom is 0.331 e. The Morgan fingerprint density at radius 1 is 1.60 bits per heavy atom. The van der Waals surface area contributed by atoms with Crippen molar-refractivity contribution in [2.75, 3.05) is 7.11 Å². The molecular formula is C11H8ClNO2. The van der Waals surface area contributed by atoms with Gasteiger partial charge < -0.3 is 4.74 Å². The Kier molecular flexibility index (Phi) is 3.90. The van der Waals surface area contributed by atoms with Crippen LogP contribution in [0.2, 0.25) is 5.02 Å². The molecule has 0 bridgehead atoms. The third-order valence-electron chi connectivity index (χ3n) is 1.72. The number of carbonyl (C=O) groups is 1. The smallest absolute Gasteiger partial charge is 0.331 e. The Bertz CT molecular complexity index is 446. The van der Waals surface area contributed by atoms with Gasteiger partial charge in [-0.05, 0) is 17.7 Å². The van der Waals surface area contributed by atoms with Gasteiger partial charge in [-0.25, -0.2) is 4.79 Å². The minimum Gasteiger partial charge on any atom is -0.466 e. The molecular weight excluding hydrogens is 214 g/mol. The zero-order chi connectivity index (χ0) is 11.3. The molecule has 3 nitrogen and oxygen atoms in total. The lowest BCUT2D eigenvalue weighted by molar-refractivity contribution is -0.134. The normalized spacial score (nSPS) is 10.6. The van der Waals surface area contributed by atoms with E-state index in [1.54, 1.807) is 24.3 Å². The van der Waals surface area contributed by atoms with Crippen LogP contribution in [0.3, 0.4) is 0 Å². The Balaban J connectivity index is 3.09. The second-order valence-corrected chi connectivity index (χ2v) is 3.14. The lowest BCUT2D eigenvalue weighted by Gasteiger charge is -1.99. The van der Waals surface area contributed by atoms with E-state index < -0.39 is 5.97 Å². The van der Waals surface area contributed by atoms with E-state index in [1.807, 2.05) is 6.07 Å². The highest BCUT2D eigenvalue weighted by atomic mass is 35.5. The molecule has 0 aliphatic heterocycles. The predicted molar refractivity (Wildman–Crippen MR) is 57.1 cm³/mol. The standard InChI is InChI=1S/C11H8ClNO2/c1-15-11(14)6-9(7-13)8-3-2-4-10(12)5-8/h2-6H,1H3/b9-6+. The highest BCUT2D eigenvalue weighted by molar-refractivity contribution is 6.30. The Morgan fingerprint density at radius 3 is 2.87 bits per heavy atom. The van der Waals surface area contributed by atoms with E-state index in [9.17, 15) is 4.79 Å². The minimum atomic E-state index is -0.563. The molecule has 0 saturated heterocycles. The molecule has 0 amide bonds. The SMILES string of the molecule is COC(=O)/C=C(\C#N)c1cccc(Cl)c1. The fourth-order valence-electron chi connectivity index (χ4n) is 1.01. The maximum atomic E-state index is 11.0. The summed E-state index contributed by atoms with van der Waals surface area (Å²) < 4.78 is 4.43. The molecule has 4 heteroatoms. The number of nitriles is 1. The van der Waals surface area contributed by atoms with Crippen LogP contribution in [0.1, 0.15) is 5.56 Å². The highest BCUT2D eigenvalue weighted by Crippen LogP contribution is 2.18. The highest BCUT2D eigenvalue weighted by Gasteiger charge is 2.04. The number of hydrogen-bond acceptors (Lipinski definition) is 3. The van der Waals surface area contributed by atoms with E-state index in [1.165, 1.54) is 7.11 Å². The van der Waals surface area contributed by atoms with Crippen molar-refractivity contribution in [1.29, 1.82) is 5.26 Å². The second kappa shape index (κ2) is 5.18. The Morgan fingerprint density at radius 2 is 2.33 bits per heavy atom. The number of halogens is 1. The van der Waals surface area contributed by atoms with Crippen molar-refractivity contribution in [3.63, 3.8) is 0 Å². The van der Waals surface area contributed by atoms with Crippen LogP contribution in [0.15, 0.2) is 30.3 Å². The van der Waals surface area contributed by atoms with Crippen molar-refractivity contribution in [2.45, 2.75) is 0 Å². The molecule has 0 saturated carbocycles. The number of ether oxygens (including phenoxy) is 1. The minimum absolute atomic E-state index is 0.226. The van der Waals surface area contributed by atoms with Crippen molar-refractivity contribution in [2.24, 2.45) is 0 Å². The van der Waals surface area contributed by atoms with Crippen molar-refractivity contribution in [3.8, 4) is 6.07 Å². The molecule has 1 rings (SSSR count). The molecule has 76 valence electrons. The zero-order valence-corrected chi connectivity index (χ0v) is 8.78. The summed E-state index contributed by atoms with van der Waals surface area (Å²) in [6.45, 7) is 0. The summed E-state index contributed by atoms with van der Waals surface area (Å²) in [4.78, 5) is 11.0. The summed E-state index contributed by atoms with van der Waals surface area (Å²) in [5.41, 5.74) is 0.819. The fourth-order valence-corrected chi connectivity index (χ4v) is 1.20. The first kappa shape index (κ1) is 11.3. The third-order valence-corrected chi connectivity index (χ3v) is 1.95. The van der Waals surface area contributed by atoms with Crippen LogP contribution in [0, 0.1) is 11.3 Å². The average Bonchev–Trinajstić information content (AvgIpc) is 2.25. The molecule has 1 aromatic carbocycles. The number of hydrogen-bond donors (Lipinski definition) is 0. The van der Waals surface area contributed by atoms with E-state index in [-0.39, 0.29) is 5.57 Å². The molecule has 1 aromatic rings. The van der Waals surface area contributed by atoms with Gasteiger partial charge in [0.2, 0.25) is 0 Å². The Hall–Kier alpha value is -1.79. The van der Waals surface area contributed by atoms with Gasteiger partial charge in [-0.2, -0.15) is 5.26 Å². The first-order chi connectivity index (χ1) is 7.17. The van der Waals surface area contributed by atoms with Gasteiger partial charge in [0.1, 0.15) is 6.07 Å². The number of carbonyl (C=O) groups excluding carboxylic acids is 1. The fraction of sp³-hybridized carbons (Fsp3) is 0.0909. The molecule has 0 heterocycles. The van der Waals surface area contributed by atoms with Gasteiger partial charge >= 0.3 is 5.97 Å². The number of benzene rings is 1. The topological polar surface area (TPSA) is 50.1 Å². The van der Waals surface area contributed by atoms with Crippen LogP contribution < -0.4 is 0 Å². The summed E-state index contributed by atoms with van der Waals surface area (Å²) in [5, 5.41) is 9.36. The van der Waals surface area contributed by atoms with Crippen molar-refractivity contribution >= 4 is 23.1 Å². The van der Waals surface area contributed by atoms with Gasteiger partial charge in [-0.1, -0.05) is 23.7 Å². The van der Waals surface area contributed by atoms with E-state index in [0.29, 0.717) is 10.6 Å². The van der Waals surface area contributed by atoms with Crippen LogP contribution in [0.25, 0.3) is 5.57 Å². The van der Waals surface area contributed by atoms with Crippen LogP contribution in [-0.4, -0.2) is 13.1 Å². The molecule has 0 aromatic heterocycles. The largest absolute Gasteiger partial charge is 0.466 e. The van der Waals surface area contributed by atoms with Gasteiger partial charge in [0.25, 0.3) is 0 Å². The molecule has 0 radical (unpaired) electrons. The quantitative estimate of drug-likeness (QED) is 0.438. The predicted octanol–water partition coefficient (Wildman–Crippen LogP) is 2.42. The lowest BCUT2D eigenvalue weighted by atomic mass is 10.1. The van der Waals surface area contributed by atoms with E-state index in [2.05, 4.69) is 4.74 Å². The average molecular weight is 222 g/mol. The van der Waals surface area contributed by atoms with Crippen molar-refractivity contribution < 1.29 is 9.53 Å². The van der Waals surface area contributed by atoms with Crippen LogP contribution in [0.4, 0.5) is 0 Å². The Labute approximate surface area is 92.5 Å². The summed E-state index contributed by atoms with van der Waals surface area (Å²) in [6.07, 6.45) is 1.13. The van der Waals surface area contributed by atoms with E-state index in [4.69, 9.17) is 16.9 Å². The molecule has 15 heavy (non-hydrogen) atoms. The summed E-state index contributed by atoms with van der Waals surface area (Å²) in [5.74, 6) is -0.563. The first-order valence-electron chi connectivity index (χ1n) is 4.13. The summed E-state index contributed by atoms with van der Waals surface area (Å²) in [6, 6.07) is 8.62. The molecule has 0 aliphatic rings. The number of nitrogens with zero attached hydrogens (tertiary/aromatic N) is 1. The number of allylic oxidation sites excluding steroid dienone is 1. The lowest BCUT2D eigenvalue weighted by Crippen LogP contribution is -1.96. The van der Waals surface area contributed by atoms with E-state index >= 15 is 0 Å². The summed E-state index contributed by atoms with van der Waals surface area (Å²) in [7, 11) is 1.26. The van der Waals surface area contributed by atoms with Gasteiger partial charge in [0, 0.05) is 11.1 Å². The first-order valence-corrected chi connectivity index (χ1v) is 4.51. The molecule has 0 aliphatic carbocycles. The van der Waals surface area contributed by atoms with E-state index in [0.717, 1.165) is 6.08 Å². The van der Waals surface area contributed by atoms with Crippen molar-refractivity contribution in [1.82, 2.24) is 0 Å². The molecule has 0 N–H and O–H groups in total. The van der Waals surface area contributed by atoms with Gasteiger partial charge in [0.15, 0.2) is 0 Å². The second-order valence-electron chi connectivity index (χ2n) is 2.70. The third kappa shape index (κ3) is 3.12. The van der Waals surface area contributed by atoms with Gasteiger partial charge in [-0.15, -0.1) is 0 Å². The maximum absolute atomic E-state index is 11.0. The van der Waals surface area contributed by atoms with Crippen LogP contribution >= 0.6 is 11.6 Å². The van der Waals surface area contributed by atoms with Crippen LogP contribution in [0.5, 0.6) is 0 Å². The molecule has 0 unspecified atom stereocenters. The number of methoxy groups -OCH3 is 1. The zero-order valence-electron chi connectivity index (χ0n) is 8.03. The number of rotatable bonds is 2. The summed E-state index contributed by atoms with van der Waals surface area (Å²) >= 11 is 5.76. The molecule has 0 atom stereocenters. The monoisotopic (exact) mass is 221 g/mol. The number of esters is 1. The van der Waals surface area contributed by atoms with Gasteiger partial charge in [-0.3, -0.25) is 0 Å². The molecule has 0 spiro atoms.